The molecule has 0 bridgehead atoms. The highest BCUT2D eigenvalue weighted by Gasteiger charge is 2.19. The summed E-state index contributed by atoms with van der Waals surface area (Å²) in [5.74, 6) is 0.611. The predicted octanol–water partition coefficient (Wildman–Crippen LogP) is 13.4. The Bertz CT molecular complexity index is 2880. The highest BCUT2D eigenvalue weighted by molar-refractivity contribution is 6.06. The van der Waals surface area contributed by atoms with Crippen LogP contribution < -0.4 is 4.90 Å². The predicted molar refractivity (Wildman–Crippen MR) is 210 cm³/mol. The van der Waals surface area contributed by atoms with Crippen molar-refractivity contribution in [2.45, 2.75) is 0 Å². The second kappa shape index (κ2) is 11.9. The van der Waals surface area contributed by atoms with Gasteiger partial charge in [0.15, 0.2) is 5.58 Å². The van der Waals surface area contributed by atoms with Gasteiger partial charge in [-0.2, -0.15) is 0 Å². The van der Waals surface area contributed by atoms with Gasteiger partial charge >= 0.3 is 0 Å². The van der Waals surface area contributed by atoms with Crippen LogP contribution in [0.4, 0.5) is 17.1 Å². The number of hydrogen-bond acceptors (Lipinski definition) is 4. The quantitative estimate of drug-likeness (QED) is 0.179. The van der Waals surface area contributed by atoms with Crippen molar-refractivity contribution in [3.05, 3.63) is 182 Å². The summed E-state index contributed by atoms with van der Waals surface area (Å²) in [4.78, 5) is 7.15. The van der Waals surface area contributed by atoms with Crippen LogP contribution in [0.2, 0.25) is 0 Å². The first kappa shape index (κ1) is 29.0. The second-order valence-electron chi connectivity index (χ2n) is 12.8. The number of hydrogen-bond donors (Lipinski definition) is 0. The first-order valence-electron chi connectivity index (χ1n) is 17.1. The van der Waals surface area contributed by atoms with Gasteiger partial charge in [-0.1, -0.05) is 115 Å². The smallest absolute Gasteiger partial charge is 0.227 e. The highest BCUT2D eigenvalue weighted by Crippen LogP contribution is 2.42. The summed E-state index contributed by atoms with van der Waals surface area (Å²) in [6, 6.07) is 63.4. The standard InChI is InChI=1S/C47H30N2O2/c1-2-13-32(14-3-1)47-48-43-24-11-23-40(46(43)51-47)34-17-9-19-36(29-34)49(37-26-27-42-41-21-6-7-25-44(41)50-45(42)30-37)35-18-8-16-33(28-35)39-22-10-15-31-12-4-5-20-38(31)39/h1-30H. The summed E-state index contributed by atoms with van der Waals surface area (Å²) in [5, 5.41) is 4.65. The maximum Gasteiger partial charge on any atom is 0.227 e. The van der Waals surface area contributed by atoms with E-state index in [4.69, 9.17) is 13.8 Å². The van der Waals surface area contributed by atoms with E-state index in [1.165, 1.54) is 16.3 Å². The molecule has 2 aromatic heterocycles. The molecule has 2 heterocycles. The van der Waals surface area contributed by atoms with E-state index in [1.54, 1.807) is 0 Å². The number of benzene rings is 8. The number of furan rings is 1. The zero-order chi connectivity index (χ0) is 33.7. The Morgan fingerprint density at radius 3 is 1.84 bits per heavy atom. The van der Waals surface area contributed by atoms with Gasteiger partial charge in [-0.05, 0) is 88.1 Å². The van der Waals surface area contributed by atoms with Gasteiger partial charge in [0, 0.05) is 45.0 Å². The Kier molecular flexibility index (Phi) is 6.78. The average Bonchev–Trinajstić information content (AvgIpc) is 3.80. The first-order valence-corrected chi connectivity index (χ1v) is 17.1. The summed E-state index contributed by atoms with van der Waals surface area (Å²) in [5.41, 5.74) is 11.7. The number of nitrogens with zero attached hydrogens (tertiary/aromatic N) is 2. The molecule has 0 amide bonds. The molecule has 0 N–H and O–H groups in total. The van der Waals surface area contributed by atoms with Gasteiger partial charge in [0.25, 0.3) is 0 Å². The molecule has 10 aromatic rings. The maximum atomic E-state index is 6.45. The number of fused-ring (bicyclic) bond motifs is 5. The Labute approximate surface area is 294 Å². The van der Waals surface area contributed by atoms with E-state index < -0.39 is 0 Å². The molecule has 0 spiro atoms. The summed E-state index contributed by atoms with van der Waals surface area (Å²) in [6.45, 7) is 0. The van der Waals surface area contributed by atoms with Crippen molar-refractivity contribution in [2.24, 2.45) is 0 Å². The third-order valence-corrected chi connectivity index (χ3v) is 9.68. The molecule has 0 aliphatic heterocycles. The Hall–Kier alpha value is -6.91. The van der Waals surface area contributed by atoms with Crippen molar-refractivity contribution < 1.29 is 8.83 Å². The van der Waals surface area contributed by atoms with Crippen molar-refractivity contribution >= 4 is 60.9 Å². The molecule has 0 saturated carbocycles. The number of oxazole rings is 1. The van der Waals surface area contributed by atoms with Crippen molar-refractivity contribution in [1.82, 2.24) is 4.98 Å². The molecular formula is C47H30N2O2. The molecule has 4 nitrogen and oxygen atoms in total. The van der Waals surface area contributed by atoms with Crippen LogP contribution in [0, 0.1) is 0 Å². The van der Waals surface area contributed by atoms with Crippen LogP contribution in [0.5, 0.6) is 0 Å². The van der Waals surface area contributed by atoms with E-state index in [-0.39, 0.29) is 0 Å². The molecule has 0 atom stereocenters. The molecule has 8 aromatic carbocycles. The van der Waals surface area contributed by atoms with Crippen molar-refractivity contribution in [2.75, 3.05) is 4.90 Å². The van der Waals surface area contributed by atoms with Crippen molar-refractivity contribution in [1.29, 1.82) is 0 Å². The molecule has 0 saturated heterocycles. The van der Waals surface area contributed by atoms with E-state index in [2.05, 4.69) is 132 Å². The van der Waals surface area contributed by atoms with Crippen LogP contribution in [0.25, 0.3) is 77.5 Å². The Morgan fingerprint density at radius 2 is 1.00 bits per heavy atom. The van der Waals surface area contributed by atoms with Crippen LogP contribution in [-0.2, 0) is 0 Å². The monoisotopic (exact) mass is 654 g/mol. The van der Waals surface area contributed by atoms with Gasteiger partial charge in [-0.3, -0.25) is 0 Å². The fourth-order valence-electron chi connectivity index (χ4n) is 7.28. The zero-order valence-electron chi connectivity index (χ0n) is 27.5. The minimum absolute atomic E-state index is 0.611. The maximum absolute atomic E-state index is 6.45. The van der Waals surface area contributed by atoms with Crippen LogP contribution >= 0.6 is 0 Å². The van der Waals surface area contributed by atoms with Crippen LogP contribution in [0.15, 0.2) is 191 Å². The zero-order valence-corrected chi connectivity index (χ0v) is 27.5. The Balaban J connectivity index is 1.15. The van der Waals surface area contributed by atoms with Gasteiger partial charge in [-0.25, -0.2) is 4.98 Å². The van der Waals surface area contributed by atoms with E-state index in [0.29, 0.717) is 5.89 Å². The topological polar surface area (TPSA) is 42.4 Å². The first-order chi connectivity index (χ1) is 25.3. The lowest BCUT2D eigenvalue weighted by molar-refractivity contribution is 0.621. The molecular weight excluding hydrogens is 625 g/mol. The summed E-state index contributed by atoms with van der Waals surface area (Å²) in [7, 11) is 0. The minimum atomic E-state index is 0.611. The summed E-state index contributed by atoms with van der Waals surface area (Å²) < 4.78 is 12.8. The molecule has 0 aliphatic rings. The Morgan fingerprint density at radius 1 is 0.392 bits per heavy atom. The molecule has 51 heavy (non-hydrogen) atoms. The minimum Gasteiger partial charge on any atom is -0.456 e. The van der Waals surface area contributed by atoms with E-state index in [0.717, 1.165) is 72.4 Å². The van der Waals surface area contributed by atoms with Crippen LogP contribution in [0.3, 0.4) is 0 Å². The fraction of sp³-hybridized carbons (Fsp3) is 0. The average molecular weight is 655 g/mol. The third-order valence-electron chi connectivity index (χ3n) is 9.68. The SMILES string of the molecule is c1ccc(-c2nc3cccc(-c4cccc(N(c5cccc(-c6cccc7ccccc67)c5)c5ccc6c(c5)oc5ccccc56)c4)c3o2)cc1. The molecule has 0 fully saturated rings. The van der Waals surface area contributed by atoms with Crippen LogP contribution in [-0.4, -0.2) is 4.98 Å². The number of aromatic nitrogens is 1. The molecule has 10 rings (SSSR count). The molecule has 0 aliphatic carbocycles. The van der Waals surface area contributed by atoms with Gasteiger partial charge in [-0.15, -0.1) is 0 Å². The fourth-order valence-corrected chi connectivity index (χ4v) is 7.28. The van der Waals surface area contributed by atoms with E-state index in [1.807, 2.05) is 54.6 Å². The van der Waals surface area contributed by atoms with Crippen LogP contribution in [0.1, 0.15) is 0 Å². The molecule has 240 valence electrons. The largest absolute Gasteiger partial charge is 0.456 e. The van der Waals surface area contributed by atoms with Gasteiger partial charge in [0.2, 0.25) is 5.89 Å². The third kappa shape index (κ3) is 5.04. The number of para-hydroxylation sites is 2. The lowest BCUT2D eigenvalue weighted by atomic mass is 9.97. The summed E-state index contributed by atoms with van der Waals surface area (Å²) in [6.07, 6.45) is 0. The lowest BCUT2D eigenvalue weighted by Gasteiger charge is -2.26. The molecule has 0 unspecified atom stereocenters. The van der Waals surface area contributed by atoms with Gasteiger partial charge < -0.3 is 13.7 Å². The van der Waals surface area contributed by atoms with Crippen molar-refractivity contribution in [3.63, 3.8) is 0 Å². The normalized spacial score (nSPS) is 11.5. The number of rotatable bonds is 6. The van der Waals surface area contributed by atoms with Gasteiger partial charge in [0.05, 0.1) is 0 Å². The van der Waals surface area contributed by atoms with E-state index in [9.17, 15) is 0 Å². The number of anilines is 3. The second-order valence-corrected chi connectivity index (χ2v) is 12.8. The molecule has 4 heteroatoms. The molecule has 0 radical (unpaired) electrons. The van der Waals surface area contributed by atoms with Crippen molar-refractivity contribution in [3.8, 4) is 33.7 Å². The highest BCUT2D eigenvalue weighted by atomic mass is 16.3. The lowest BCUT2D eigenvalue weighted by Crippen LogP contribution is -2.10. The van der Waals surface area contributed by atoms with E-state index >= 15 is 0 Å². The summed E-state index contributed by atoms with van der Waals surface area (Å²) >= 11 is 0. The van der Waals surface area contributed by atoms with Gasteiger partial charge in [0.1, 0.15) is 16.7 Å².